The van der Waals surface area contributed by atoms with Gasteiger partial charge >= 0.3 is 5.97 Å². The Labute approximate surface area is 110 Å². The molecule has 1 rings (SSSR count). The van der Waals surface area contributed by atoms with Gasteiger partial charge in [0.05, 0.1) is 6.42 Å². The van der Waals surface area contributed by atoms with E-state index in [9.17, 15) is 14.4 Å². The van der Waals surface area contributed by atoms with E-state index >= 15 is 0 Å². The molecule has 2 amide bonds. The van der Waals surface area contributed by atoms with Crippen molar-refractivity contribution in [3.63, 3.8) is 0 Å². The van der Waals surface area contributed by atoms with Crippen LogP contribution >= 0.6 is 0 Å². The van der Waals surface area contributed by atoms with Crippen LogP contribution < -0.4 is 10.6 Å². The van der Waals surface area contributed by atoms with Gasteiger partial charge in [0.25, 0.3) is 0 Å². The standard InChI is InChI=1S/C13H16N2O4/c1-8-3-4-10(14-9(2)16)7-11(8)15-12(17)5-6-13(18)19/h3-4,7H,5-6H2,1-2H3,(H,14,16)(H,15,17)(H,18,19). The molecule has 6 nitrogen and oxygen atoms in total. The van der Waals surface area contributed by atoms with E-state index in [1.54, 1.807) is 18.2 Å². The van der Waals surface area contributed by atoms with Crippen molar-refractivity contribution in [1.29, 1.82) is 0 Å². The minimum atomic E-state index is -1.01. The number of aryl methyl sites for hydroxylation is 1. The third kappa shape index (κ3) is 5.20. The van der Waals surface area contributed by atoms with Crippen LogP contribution in [-0.2, 0) is 14.4 Å². The lowest BCUT2D eigenvalue weighted by Gasteiger charge is -2.10. The zero-order valence-corrected chi connectivity index (χ0v) is 10.8. The smallest absolute Gasteiger partial charge is 0.303 e. The maximum Gasteiger partial charge on any atom is 0.303 e. The highest BCUT2D eigenvalue weighted by Gasteiger charge is 2.08. The fraction of sp³-hybridized carbons (Fsp3) is 0.308. The number of rotatable bonds is 5. The quantitative estimate of drug-likeness (QED) is 0.755. The molecule has 0 heterocycles. The van der Waals surface area contributed by atoms with Crippen LogP contribution in [0.3, 0.4) is 0 Å². The fourth-order valence-electron chi connectivity index (χ4n) is 1.47. The van der Waals surface area contributed by atoms with Gasteiger partial charge in [-0.15, -0.1) is 0 Å². The first kappa shape index (κ1) is 14.7. The molecule has 19 heavy (non-hydrogen) atoms. The number of anilines is 2. The predicted molar refractivity (Wildman–Crippen MR) is 71.0 cm³/mol. The van der Waals surface area contributed by atoms with Crippen LogP contribution in [0.1, 0.15) is 25.3 Å². The van der Waals surface area contributed by atoms with Gasteiger partial charge in [0.15, 0.2) is 0 Å². The van der Waals surface area contributed by atoms with Crippen molar-refractivity contribution in [2.24, 2.45) is 0 Å². The topological polar surface area (TPSA) is 95.5 Å². The zero-order chi connectivity index (χ0) is 14.4. The maximum atomic E-state index is 11.5. The molecule has 6 heteroatoms. The normalized spacial score (nSPS) is 9.79. The van der Waals surface area contributed by atoms with Gasteiger partial charge in [0.1, 0.15) is 0 Å². The third-order valence-corrected chi connectivity index (χ3v) is 2.40. The molecule has 0 aliphatic rings. The average Bonchev–Trinajstić information content (AvgIpc) is 2.30. The molecule has 0 aromatic heterocycles. The van der Waals surface area contributed by atoms with Crippen molar-refractivity contribution in [3.8, 4) is 0 Å². The lowest BCUT2D eigenvalue weighted by molar-refractivity contribution is -0.138. The van der Waals surface area contributed by atoms with Crippen molar-refractivity contribution in [1.82, 2.24) is 0 Å². The number of carbonyl (C=O) groups excluding carboxylic acids is 2. The molecule has 0 spiro atoms. The molecule has 0 saturated carbocycles. The monoisotopic (exact) mass is 264 g/mol. The van der Waals surface area contributed by atoms with E-state index in [0.717, 1.165) is 5.56 Å². The number of carbonyl (C=O) groups is 3. The highest BCUT2D eigenvalue weighted by atomic mass is 16.4. The van der Waals surface area contributed by atoms with E-state index in [-0.39, 0.29) is 24.7 Å². The Morgan fingerprint density at radius 1 is 1.16 bits per heavy atom. The number of carboxylic acids is 1. The van der Waals surface area contributed by atoms with Gasteiger partial charge in [-0.1, -0.05) is 6.07 Å². The average molecular weight is 264 g/mol. The SMILES string of the molecule is CC(=O)Nc1ccc(C)c(NC(=O)CCC(=O)O)c1. The molecule has 102 valence electrons. The first-order chi connectivity index (χ1) is 8.88. The van der Waals surface area contributed by atoms with Gasteiger partial charge in [0, 0.05) is 24.7 Å². The van der Waals surface area contributed by atoms with Gasteiger partial charge in [-0.25, -0.2) is 0 Å². The van der Waals surface area contributed by atoms with Crippen LogP contribution in [0.15, 0.2) is 18.2 Å². The number of hydrogen-bond donors (Lipinski definition) is 3. The van der Waals surface area contributed by atoms with Gasteiger partial charge in [-0.3, -0.25) is 14.4 Å². The molecule has 0 unspecified atom stereocenters. The molecule has 0 aliphatic heterocycles. The van der Waals surface area contributed by atoms with Crippen LogP contribution in [0.25, 0.3) is 0 Å². The van der Waals surface area contributed by atoms with Gasteiger partial charge in [0.2, 0.25) is 11.8 Å². The van der Waals surface area contributed by atoms with Crippen molar-refractivity contribution in [3.05, 3.63) is 23.8 Å². The second-order valence-electron chi connectivity index (χ2n) is 4.15. The lowest BCUT2D eigenvalue weighted by Crippen LogP contribution is -2.14. The summed E-state index contributed by atoms with van der Waals surface area (Å²) in [5.74, 6) is -1.59. The van der Waals surface area contributed by atoms with E-state index in [0.29, 0.717) is 11.4 Å². The Kier molecular flexibility index (Phi) is 5.05. The lowest BCUT2D eigenvalue weighted by atomic mass is 10.1. The van der Waals surface area contributed by atoms with E-state index in [4.69, 9.17) is 5.11 Å². The predicted octanol–water partition coefficient (Wildman–Crippen LogP) is 1.76. The molecule has 1 aromatic carbocycles. The summed E-state index contributed by atoms with van der Waals surface area (Å²) in [5.41, 5.74) is 1.96. The summed E-state index contributed by atoms with van der Waals surface area (Å²) in [7, 11) is 0. The first-order valence-electron chi connectivity index (χ1n) is 5.78. The van der Waals surface area contributed by atoms with Crippen LogP contribution in [0, 0.1) is 6.92 Å². The number of amides is 2. The van der Waals surface area contributed by atoms with Crippen molar-refractivity contribution in [2.45, 2.75) is 26.7 Å². The number of aliphatic carboxylic acids is 1. The summed E-state index contributed by atoms with van der Waals surface area (Å²) in [6.45, 7) is 3.20. The first-order valence-corrected chi connectivity index (χ1v) is 5.78. The van der Waals surface area contributed by atoms with E-state index in [2.05, 4.69) is 10.6 Å². The van der Waals surface area contributed by atoms with Crippen LogP contribution in [-0.4, -0.2) is 22.9 Å². The van der Waals surface area contributed by atoms with Crippen LogP contribution in [0.2, 0.25) is 0 Å². The molecule has 0 radical (unpaired) electrons. The minimum Gasteiger partial charge on any atom is -0.481 e. The highest BCUT2D eigenvalue weighted by Crippen LogP contribution is 2.20. The van der Waals surface area contributed by atoms with Gasteiger partial charge in [-0.05, 0) is 24.6 Å². The Hall–Kier alpha value is -2.37. The van der Waals surface area contributed by atoms with Crippen molar-refractivity contribution >= 4 is 29.2 Å². The summed E-state index contributed by atoms with van der Waals surface area (Å²) in [6, 6.07) is 5.12. The largest absolute Gasteiger partial charge is 0.481 e. The molecule has 0 bridgehead atoms. The van der Waals surface area contributed by atoms with E-state index < -0.39 is 5.97 Å². The Balaban J connectivity index is 2.73. The number of carboxylic acid groups (broad SMARTS) is 1. The number of hydrogen-bond acceptors (Lipinski definition) is 3. The molecule has 0 atom stereocenters. The van der Waals surface area contributed by atoms with E-state index in [1.165, 1.54) is 6.92 Å². The summed E-state index contributed by atoms with van der Waals surface area (Å²) in [4.78, 5) is 32.9. The molecule has 0 aliphatic carbocycles. The molecule has 0 fully saturated rings. The van der Waals surface area contributed by atoms with Crippen LogP contribution in [0.4, 0.5) is 11.4 Å². The molecular formula is C13H16N2O4. The minimum absolute atomic E-state index is 0.0842. The third-order valence-electron chi connectivity index (χ3n) is 2.40. The summed E-state index contributed by atoms with van der Waals surface area (Å²) in [6.07, 6.45) is -0.296. The molecule has 3 N–H and O–H groups in total. The van der Waals surface area contributed by atoms with E-state index in [1.807, 2.05) is 6.92 Å². The zero-order valence-electron chi connectivity index (χ0n) is 10.8. The highest BCUT2D eigenvalue weighted by molar-refractivity contribution is 5.95. The summed E-state index contributed by atoms with van der Waals surface area (Å²) in [5, 5.41) is 13.7. The number of nitrogens with one attached hydrogen (secondary N) is 2. The van der Waals surface area contributed by atoms with Gasteiger partial charge in [-0.2, -0.15) is 0 Å². The maximum absolute atomic E-state index is 11.5. The Bertz CT molecular complexity index is 511. The molecule has 0 saturated heterocycles. The molecule has 1 aromatic rings. The number of benzene rings is 1. The van der Waals surface area contributed by atoms with Crippen molar-refractivity contribution in [2.75, 3.05) is 10.6 Å². The molecular weight excluding hydrogens is 248 g/mol. The Morgan fingerprint density at radius 3 is 2.42 bits per heavy atom. The second-order valence-corrected chi connectivity index (χ2v) is 4.15. The van der Waals surface area contributed by atoms with Gasteiger partial charge < -0.3 is 15.7 Å². The van der Waals surface area contributed by atoms with Crippen molar-refractivity contribution < 1.29 is 19.5 Å². The second kappa shape index (κ2) is 6.53. The summed E-state index contributed by atoms with van der Waals surface area (Å²) >= 11 is 0. The summed E-state index contributed by atoms with van der Waals surface area (Å²) < 4.78 is 0. The Morgan fingerprint density at radius 2 is 1.84 bits per heavy atom. The fourth-order valence-corrected chi connectivity index (χ4v) is 1.47. The van der Waals surface area contributed by atoms with Crippen LogP contribution in [0.5, 0.6) is 0 Å².